The molecule has 1 fully saturated rings. The van der Waals surface area contributed by atoms with Crippen LogP contribution in [0.4, 0.5) is 0 Å². The lowest BCUT2D eigenvalue weighted by Gasteiger charge is -2.31. The molecule has 2 aromatic rings. The maximum Gasteiger partial charge on any atom is 0.278 e. The lowest BCUT2D eigenvalue weighted by Crippen LogP contribution is -2.39. The molecule has 0 amide bonds. The van der Waals surface area contributed by atoms with Gasteiger partial charge in [0.05, 0.1) is 6.07 Å². The third-order valence-electron chi connectivity index (χ3n) is 5.18. The first-order valence-corrected chi connectivity index (χ1v) is 10.4. The highest BCUT2D eigenvalue weighted by Crippen LogP contribution is 2.31. The molecule has 1 aromatic heterocycles. The third kappa shape index (κ3) is 5.30. The zero-order valence-corrected chi connectivity index (χ0v) is 16.9. The SMILES string of the molecule is N#CCCCN1CCC(Oc2nccnc2OCC2COc3ccccc3O2)CC1. The molecule has 0 aliphatic carbocycles. The minimum atomic E-state index is -0.230. The van der Waals surface area contributed by atoms with Gasteiger partial charge in [-0.2, -0.15) is 5.26 Å². The second-order valence-electron chi connectivity index (χ2n) is 7.40. The number of para-hydroxylation sites is 2. The molecule has 4 rings (SSSR count). The van der Waals surface area contributed by atoms with Crippen LogP contribution in [0.2, 0.25) is 0 Å². The summed E-state index contributed by atoms with van der Waals surface area (Å²) in [6.07, 6.45) is 6.41. The van der Waals surface area contributed by atoms with E-state index in [0.717, 1.165) is 50.4 Å². The fourth-order valence-electron chi connectivity index (χ4n) is 3.60. The summed E-state index contributed by atoms with van der Waals surface area (Å²) in [7, 11) is 0. The summed E-state index contributed by atoms with van der Waals surface area (Å²) in [6, 6.07) is 9.79. The number of rotatable bonds is 8. The van der Waals surface area contributed by atoms with Gasteiger partial charge in [0.25, 0.3) is 11.8 Å². The number of benzene rings is 1. The van der Waals surface area contributed by atoms with Gasteiger partial charge in [0.1, 0.15) is 19.3 Å². The number of fused-ring (bicyclic) bond motifs is 1. The Balaban J connectivity index is 1.27. The molecule has 0 saturated carbocycles. The first kappa shape index (κ1) is 20.2. The summed E-state index contributed by atoms with van der Waals surface area (Å²) in [5.41, 5.74) is 0. The maximum atomic E-state index is 8.67. The highest BCUT2D eigenvalue weighted by atomic mass is 16.6. The summed E-state index contributed by atoms with van der Waals surface area (Å²) in [5.74, 6) is 2.25. The molecule has 30 heavy (non-hydrogen) atoms. The summed E-state index contributed by atoms with van der Waals surface area (Å²) < 4.78 is 23.6. The summed E-state index contributed by atoms with van der Waals surface area (Å²) in [6.45, 7) is 3.59. The maximum absolute atomic E-state index is 8.67. The first-order chi connectivity index (χ1) is 14.8. The molecule has 2 aliphatic heterocycles. The van der Waals surface area contributed by atoms with Gasteiger partial charge in [0, 0.05) is 31.9 Å². The average Bonchev–Trinajstić information content (AvgIpc) is 2.80. The topological polar surface area (TPSA) is 89.7 Å². The van der Waals surface area contributed by atoms with Crippen LogP contribution in [0.3, 0.4) is 0 Å². The van der Waals surface area contributed by atoms with E-state index in [9.17, 15) is 0 Å². The molecule has 1 atom stereocenters. The Morgan fingerprint density at radius 2 is 1.87 bits per heavy atom. The molecule has 1 unspecified atom stereocenters. The van der Waals surface area contributed by atoms with Crippen molar-refractivity contribution in [3.8, 4) is 29.3 Å². The molecule has 3 heterocycles. The zero-order valence-electron chi connectivity index (χ0n) is 16.9. The summed E-state index contributed by atoms with van der Waals surface area (Å²) in [4.78, 5) is 11.0. The normalized spacial score (nSPS) is 19.1. The van der Waals surface area contributed by atoms with E-state index in [1.807, 2.05) is 24.3 Å². The van der Waals surface area contributed by atoms with Gasteiger partial charge in [0.2, 0.25) is 0 Å². The van der Waals surface area contributed by atoms with Crippen molar-refractivity contribution in [2.75, 3.05) is 32.8 Å². The van der Waals surface area contributed by atoms with Gasteiger partial charge in [-0.25, -0.2) is 9.97 Å². The van der Waals surface area contributed by atoms with Gasteiger partial charge in [0.15, 0.2) is 17.6 Å². The van der Waals surface area contributed by atoms with Crippen LogP contribution in [0.5, 0.6) is 23.3 Å². The van der Waals surface area contributed by atoms with Crippen LogP contribution in [0.25, 0.3) is 0 Å². The van der Waals surface area contributed by atoms with Crippen molar-refractivity contribution in [2.45, 2.75) is 37.9 Å². The number of hydrogen-bond acceptors (Lipinski definition) is 8. The Kier molecular flexibility index (Phi) is 6.83. The molecule has 1 saturated heterocycles. The number of nitrogens with zero attached hydrogens (tertiary/aromatic N) is 4. The van der Waals surface area contributed by atoms with Crippen molar-refractivity contribution in [3.05, 3.63) is 36.7 Å². The van der Waals surface area contributed by atoms with Gasteiger partial charge in [-0.15, -0.1) is 0 Å². The number of nitriles is 1. The van der Waals surface area contributed by atoms with Crippen molar-refractivity contribution in [3.63, 3.8) is 0 Å². The van der Waals surface area contributed by atoms with E-state index in [-0.39, 0.29) is 12.2 Å². The molecule has 8 nitrogen and oxygen atoms in total. The average molecular weight is 410 g/mol. The number of likely N-dealkylation sites (tertiary alicyclic amines) is 1. The van der Waals surface area contributed by atoms with E-state index in [2.05, 4.69) is 20.9 Å². The van der Waals surface area contributed by atoms with E-state index in [1.165, 1.54) is 0 Å². The molecule has 0 N–H and O–H groups in total. The predicted octanol–water partition coefficient (Wildman–Crippen LogP) is 2.84. The Morgan fingerprint density at radius 1 is 1.10 bits per heavy atom. The fraction of sp³-hybridized carbons (Fsp3) is 0.500. The standard InChI is InChI=1S/C22H26N4O4/c23-9-3-4-12-26-13-7-17(8-14-26)30-22-21(24-10-11-25-22)28-16-18-15-27-19-5-1-2-6-20(19)29-18/h1-2,5-6,10-11,17-18H,3-4,7-8,12-16H2. The fourth-order valence-corrected chi connectivity index (χ4v) is 3.60. The van der Waals surface area contributed by atoms with Crippen molar-refractivity contribution in [2.24, 2.45) is 0 Å². The smallest absolute Gasteiger partial charge is 0.278 e. The molecule has 0 bridgehead atoms. The molecule has 0 spiro atoms. The van der Waals surface area contributed by atoms with Crippen molar-refractivity contribution in [1.82, 2.24) is 14.9 Å². The molecule has 158 valence electrons. The zero-order chi connectivity index (χ0) is 20.6. The molecule has 2 aliphatic rings. The quantitative estimate of drug-likeness (QED) is 0.614. The van der Waals surface area contributed by atoms with E-state index >= 15 is 0 Å². The highest BCUT2D eigenvalue weighted by Gasteiger charge is 2.24. The van der Waals surface area contributed by atoms with E-state index in [0.29, 0.717) is 31.4 Å². The summed E-state index contributed by atoms with van der Waals surface area (Å²) in [5, 5.41) is 8.67. The second kappa shape index (κ2) is 10.1. The van der Waals surface area contributed by atoms with Crippen LogP contribution < -0.4 is 18.9 Å². The Morgan fingerprint density at radius 3 is 2.67 bits per heavy atom. The lowest BCUT2D eigenvalue weighted by atomic mass is 10.1. The minimum absolute atomic E-state index is 0.0809. The highest BCUT2D eigenvalue weighted by molar-refractivity contribution is 5.40. The van der Waals surface area contributed by atoms with Crippen molar-refractivity contribution in [1.29, 1.82) is 5.26 Å². The lowest BCUT2D eigenvalue weighted by molar-refractivity contribution is 0.0478. The van der Waals surface area contributed by atoms with Gasteiger partial charge in [-0.05, 0) is 37.9 Å². The third-order valence-corrected chi connectivity index (χ3v) is 5.18. The van der Waals surface area contributed by atoms with Gasteiger partial charge in [-0.1, -0.05) is 12.1 Å². The van der Waals surface area contributed by atoms with Crippen molar-refractivity contribution >= 4 is 0 Å². The van der Waals surface area contributed by atoms with Crippen LogP contribution >= 0.6 is 0 Å². The van der Waals surface area contributed by atoms with E-state index in [4.69, 9.17) is 24.2 Å². The number of piperidine rings is 1. The van der Waals surface area contributed by atoms with Gasteiger partial charge < -0.3 is 23.8 Å². The number of aromatic nitrogens is 2. The largest absolute Gasteiger partial charge is 0.486 e. The first-order valence-electron chi connectivity index (χ1n) is 10.4. The molecular weight excluding hydrogens is 384 g/mol. The monoisotopic (exact) mass is 410 g/mol. The Labute approximate surface area is 176 Å². The number of ether oxygens (including phenoxy) is 4. The molecule has 0 radical (unpaired) electrons. The Bertz CT molecular complexity index is 864. The molecule has 1 aromatic carbocycles. The second-order valence-corrected chi connectivity index (χ2v) is 7.40. The number of hydrogen-bond donors (Lipinski definition) is 0. The number of unbranched alkanes of at least 4 members (excludes halogenated alkanes) is 1. The van der Waals surface area contributed by atoms with Crippen molar-refractivity contribution < 1.29 is 18.9 Å². The van der Waals surface area contributed by atoms with Crippen LogP contribution in [-0.2, 0) is 0 Å². The van der Waals surface area contributed by atoms with E-state index in [1.54, 1.807) is 12.4 Å². The Hall–Kier alpha value is -3.05. The minimum Gasteiger partial charge on any atom is -0.486 e. The van der Waals surface area contributed by atoms with Crippen LogP contribution in [0, 0.1) is 11.3 Å². The van der Waals surface area contributed by atoms with Gasteiger partial charge >= 0.3 is 0 Å². The van der Waals surface area contributed by atoms with E-state index < -0.39 is 0 Å². The van der Waals surface area contributed by atoms with Crippen LogP contribution in [0.15, 0.2) is 36.7 Å². The van der Waals surface area contributed by atoms with Crippen LogP contribution in [-0.4, -0.2) is 59.9 Å². The molecule has 8 heteroatoms. The molecular formula is C22H26N4O4. The summed E-state index contributed by atoms with van der Waals surface area (Å²) >= 11 is 0. The predicted molar refractivity (Wildman–Crippen MR) is 109 cm³/mol. The van der Waals surface area contributed by atoms with Gasteiger partial charge in [-0.3, -0.25) is 0 Å². The van der Waals surface area contributed by atoms with Crippen LogP contribution in [0.1, 0.15) is 25.7 Å².